The molecule has 17 heavy (non-hydrogen) atoms. The number of carbonyl (C=O) groups is 1. The van der Waals surface area contributed by atoms with Crippen molar-refractivity contribution in [3.05, 3.63) is 29.7 Å². The lowest BCUT2D eigenvalue weighted by molar-refractivity contribution is -0.117. The molecule has 1 aliphatic heterocycles. The van der Waals surface area contributed by atoms with Crippen molar-refractivity contribution in [1.82, 2.24) is 9.97 Å². The molecular weight excluding hydrogens is 240 g/mol. The number of hydrogen-bond acceptors (Lipinski definition) is 4. The molecule has 0 aliphatic carbocycles. The highest BCUT2D eigenvalue weighted by Gasteiger charge is 2.31. The van der Waals surface area contributed by atoms with Gasteiger partial charge in [-0.05, 0) is 11.6 Å². The molecule has 1 aromatic rings. The maximum Gasteiger partial charge on any atom is 0.228 e. The Morgan fingerprint density at radius 3 is 3.06 bits per heavy atom. The zero-order valence-electron chi connectivity index (χ0n) is 8.93. The summed E-state index contributed by atoms with van der Waals surface area (Å²) in [6, 6.07) is 1.95. The summed E-state index contributed by atoms with van der Waals surface area (Å²) in [6.07, 6.45) is 3.43. The summed E-state index contributed by atoms with van der Waals surface area (Å²) in [5.74, 6) is 0.283. The van der Waals surface area contributed by atoms with Gasteiger partial charge >= 0.3 is 0 Å². The summed E-state index contributed by atoms with van der Waals surface area (Å²) in [5, 5.41) is 8.97. The molecule has 2 rings (SSSR count). The van der Waals surface area contributed by atoms with Crippen molar-refractivity contribution in [2.75, 3.05) is 11.4 Å². The third kappa shape index (κ3) is 2.12. The quantitative estimate of drug-likeness (QED) is 0.588. The molecule has 1 amide bonds. The first-order chi connectivity index (χ1) is 8.15. The highest BCUT2D eigenvalue weighted by Crippen LogP contribution is 2.26. The third-order valence-corrected chi connectivity index (χ3v) is 2.79. The van der Waals surface area contributed by atoms with Crippen LogP contribution in [0.2, 0.25) is 5.28 Å². The van der Waals surface area contributed by atoms with Gasteiger partial charge in [-0.3, -0.25) is 9.69 Å². The summed E-state index contributed by atoms with van der Waals surface area (Å²) in [4.78, 5) is 20.9. The Morgan fingerprint density at radius 2 is 2.47 bits per heavy atom. The standard InChI is InChI=1S/C11H9ClN4O/c1-2-7-3-9(17)16(6-7)10-8(4-13)5-14-11(12)15-10/h2,5,7H,1,3,6H2. The number of rotatable bonds is 2. The van der Waals surface area contributed by atoms with E-state index in [0.29, 0.717) is 13.0 Å². The van der Waals surface area contributed by atoms with Gasteiger partial charge in [-0.25, -0.2) is 4.98 Å². The Kier molecular flexibility index (Phi) is 3.07. The molecule has 1 atom stereocenters. The SMILES string of the molecule is C=CC1CC(=O)N(c2nc(Cl)ncc2C#N)C1. The van der Waals surface area contributed by atoms with Crippen molar-refractivity contribution in [3.8, 4) is 6.07 Å². The number of aromatic nitrogens is 2. The van der Waals surface area contributed by atoms with Crippen LogP contribution >= 0.6 is 11.6 Å². The van der Waals surface area contributed by atoms with Gasteiger partial charge in [0.05, 0.1) is 6.20 Å². The molecule has 1 unspecified atom stereocenters. The second kappa shape index (κ2) is 4.52. The van der Waals surface area contributed by atoms with E-state index in [1.165, 1.54) is 11.1 Å². The number of nitrogens with zero attached hydrogens (tertiary/aromatic N) is 4. The van der Waals surface area contributed by atoms with Gasteiger partial charge in [0.25, 0.3) is 0 Å². The van der Waals surface area contributed by atoms with Gasteiger partial charge in [-0.1, -0.05) is 6.08 Å². The second-order valence-corrected chi connectivity index (χ2v) is 4.03. The molecule has 0 radical (unpaired) electrons. The number of nitriles is 1. The Labute approximate surface area is 103 Å². The van der Waals surface area contributed by atoms with Crippen LogP contribution in [-0.4, -0.2) is 22.4 Å². The van der Waals surface area contributed by atoms with Crippen LogP contribution in [0.25, 0.3) is 0 Å². The van der Waals surface area contributed by atoms with E-state index in [0.717, 1.165) is 0 Å². The summed E-state index contributed by atoms with van der Waals surface area (Å²) < 4.78 is 0. The van der Waals surface area contributed by atoms with Crippen molar-refractivity contribution in [3.63, 3.8) is 0 Å². The molecule has 0 bridgehead atoms. The molecule has 1 saturated heterocycles. The van der Waals surface area contributed by atoms with E-state index >= 15 is 0 Å². The highest BCUT2D eigenvalue weighted by atomic mass is 35.5. The smallest absolute Gasteiger partial charge is 0.228 e. The van der Waals surface area contributed by atoms with Gasteiger partial charge in [-0.15, -0.1) is 6.58 Å². The van der Waals surface area contributed by atoms with E-state index in [1.54, 1.807) is 6.08 Å². The van der Waals surface area contributed by atoms with E-state index in [9.17, 15) is 4.79 Å². The minimum Gasteiger partial charge on any atom is -0.295 e. The lowest BCUT2D eigenvalue weighted by atomic mass is 10.1. The van der Waals surface area contributed by atoms with Gasteiger partial charge in [0, 0.05) is 18.9 Å². The van der Waals surface area contributed by atoms with Gasteiger partial charge in [-0.2, -0.15) is 10.2 Å². The van der Waals surface area contributed by atoms with Crippen molar-refractivity contribution in [2.24, 2.45) is 5.92 Å². The van der Waals surface area contributed by atoms with E-state index < -0.39 is 0 Å². The Balaban J connectivity index is 2.41. The molecule has 1 fully saturated rings. The Hall–Kier alpha value is -1.93. The summed E-state index contributed by atoms with van der Waals surface area (Å²) in [6.45, 7) is 4.14. The minimum absolute atomic E-state index is 0.0221. The predicted molar refractivity (Wildman–Crippen MR) is 62.4 cm³/mol. The molecule has 6 heteroatoms. The zero-order chi connectivity index (χ0) is 12.4. The van der Waals surface area contributed by atoms with Crippen LogP contribution in [0.1, 0.15) is 12.0 Å². The molecule has 0 saturated carbocycles. The van der Waals surface area contributed by atoms with Crippen LogP contribution in [0.4, 0.5) is 5.82 Å². The molecule has 0 N–H and O–H groups in total. The number of anilines is 1. The summed E-state index contributed by atoms with van der Waals surface area (Å²) in [7, 11) is 0. The first kappa shape index (κ1) is 11.6. The van der Waals surface area contributed by atoms with Crippen LogP contribution in [0.3, 0.4) is 0 Å². The highest BCUT2D eigenvalue weighted by molar-refractivity contribution is 6.28. The maximum absolute atomic E-state index is 11.8. The average molecular weight is 249 g/mol. The normalized spacial score (nSPS) is 19.2. The number of halogens is 1. The minimum atomic E-state index is -0.0823. The molecule has 0 aromatic carbocycles. The topological polar surface area (TPSA) is 69.9 Å². The first-order valence-corrected chi connectivity index (χ1v) is 5.39. The van der Waals surface area contributed by atoms with Crippen LogP contribution in [0.15, 0.2) is 18.9 Å². The third-order valence-electron chi connectivity index (χ3n) is 2.60. The monoisotopic (exact) mass is 248 g/mol. The summed E-state index contributed by atoms with van der Waals surface area (Å²) in [5.41, 5.74) is 0.243. The van der Waals surface area contributed by atoms with Gasteiger partial charge < -0.3 is 0 Å². The molecule has 1 aromatic heterocycles. The van der Waals surface area contributed by atoms with Crippen molar-refractivity contribution < 1.29 is 4.79 Å². The molecular formula is C11H9ClN4O. The lowest BCUT2D eigenvalue weighted by Gasteiger charge is -2.15. The van der Waals surface area contributed by atoms with Gasteiger partial charge in [0.1, 0.15) is 11.6 Å². The van der Waals surface area contributed by atoms with Gasteiger partial charge in [0.2, 0.25) is 11.2 Å². The maximum atomic E-state index is 11.8. The van der Waals surface area contributed by atoms with Crippen molar-refractivity contribution in [2.45, 2.75) is 6.42 Å². The molecule has 2 heterocycles. The zero-order valence-corrected chi connectivity index (χ0v) is 9.68. The molecule has 86 valence electrons. The lowest BCUT2D eigenvalue weighted by Crippen LogP contribution is -2.26. The van der Waals surface area contributed by atoms with Gasteiger partial charge in [0.15, 0.2) is 5.82 Å². The molecule has 1 aliphatic rings. The largest absolute Gasteiger partial charge is 0.295 e. The predicted octanol–water partition coefficient (Wildman–Crippen LogP) is 1.54. The fraction of sp³-hybridized carbons (Fsp3) is 0.273. The van der Waals surface area contributed by atoms with E-state index in [2.05, 4.69) is 16.5 Å². The Bertz CT molecular complexity index is 523. The van der Waals surface area contributed by atoms with E-state index in [1.807, 2.05) is 6.07 Å². The fourth-order valence-electron chi connectivity index (χ4n) is 1.73. The number of amides is 1. The number of hydrogen-bond donors (Lipinski definition) is 0. The number of carbonyl (C=O) groups excluding carboxylic acids is 1. The van der Waals surface area contributed by atoms with Crippen LogP contribution in [-0.2, 0) is 4.79 Å². The molecule has 5 nitrogen and oxygen atoms in total. The van der Waals surface area contributed by atoms with Crippen LogP contribution in [0.5, 0.6) is 0 Å². The average Bonchev–Trinajstić information content (AvgIpc) is 2.70. The van der Waals surface area contributed by atoms with Crippen molar-refractivity contribution in [1.29, 1.82) is 5.26 Å². The van der Waals surface area contributed by atoms with Crippen molar-refractivity contribution >= 4 is 23.3 Å². The van der Waals surface area contributed by atoms with Crippen LogP contribution < -0.4 is 4.90 Å². The summed E-state index contributed by atoms with van der Waals surface area (Å²) >= 11 is 5.68. The molecule has 0 spiro atoms. The first-order valence-electron chi connectivity index (χ1n) is 5.01. The van der Waals surface area contributed by atoms with E-state index in [4.69, 9.17) is 16.9 Å². The second-order valence-electron chi connectivity index (χ2n) is 3.69. The fourth-order valence-corrected chi connectivity index (χ4v) is 1.86. The van der Waals surface area contributed by atoms with Crippen LogP contribution in [0, 0.1) is 17.2 Å². The van der Waals surface area contributed by atoms with E-state index in [-0.39, 0.29) is 28.5 Å². The Morgan fingerprint density at radius 1 is 1.71 bits per heavy atom.